The second kappa shape index (κ2) is 3.82. The summed E-state index contributed by atoms with van der Waals surface area (Å²) >= 11 is 1.56. The van der Waals surface area contributed by atoms with Crippen molar-refractivity contribution in [3.63, 3.8) is 0 Å². The molecule has 0 fully saturated rings. The van der Waals surface area contributed by atoms with E-state index in [1.165, 1.54) is 12.1 Å². The lowest BCUT2D eigenvalue weighted by Crippen LogP contribution is -1.90. The lowest BCUT2D eigenvalue weighted by atomic mass is 10.2. The van der Waals surface area contributed by atoms with Crippen LogP contribution in [0.25, 0.3) is 20.8 Å². The van der Waals surface area contributed by atoms with Crippen LogP contribution in [0, 0.1) is 5.82 Å². The van der Waals surface area contributed by atoms with E-state index in [-0.39, 0.29) is 5.82 Å². The van der Waals surface area contributed by atoms with Crippen molar-refractivity contribution in [1.29, 1.82) is 0 Å². The summed E-state index contributed by atoms with van der Waals surface area (Å²) < 4.78 is 14.1. The first-order chi connectivity index (χ1) is 8.24. The maximum absolute atomic E-state index is 13.0. The van der Waals surface area contributed by atoms with Crippen molar-refractivity contribution in [2.45, 2.75) is 0 Å². The highest BCUT2D eigenvalue weighted by Gasteiger charge is 2.09. The maximum Gasteiger partial charge on any atom is 0.126 e. The number of rotatable bonds is 1. The molecule has 4 heteroatoms. The first-order valence-corrected chi connectivity index (χ1v) is 5.96. The number of halogens is 1. The molecule has 3 rings (SSSR count). The molecule has 0 saturated carbocycles. The Kier molecular flexibility index (Phi) is 2.30. The topological polar surface area (TPSA) is 38.9 Å². The van der Waals surface area contributed by atoms with E-state index in [4.69, 9.17) is 5.73 Å². The molecule has 0 bridgehead atoms. The minimum Gasteiger partial charge on any atom is -0.398 e. The fourth-order valence-corrected chi connectivity index (χ4v) is 2.73. The van der Waals surface area contributed by atoms with Crippen LogP contribution in [0.1, 0.15) is 0 Å². The molecule has 0 spiro atoms. The van der Waals surface area contributed by atoms with Crippen LogP contribution < -0.4 is 5.73 Å². The highest BCUT2D eigenvalue weighted by molar-refractivity contribution is 7.21. The standard InChI is InChI=1S/C13H9FN2S/c14-8-5-6-9(10(15)7-8)13-16-11-3-1-2-4-12(11)17-13/h1-7H,15H2. The lowest BCUT2D eigenvalue weighted by molar-refractivity contribution is 0.628. The Hall–Kier alpha value is -1.94. The summed E-state index contributed by atoms with van der Waals surface area (Å²) in [7, 11) is 0. The first kappa shape index (κ1) is 10.2. The number of anilines is 1. The lowest BCUT2D eigenvalue weighted by Gasteiger charge is -2.00. The molecule has 0 unspecified atom stereocenters. The van der Waals surface area contributed by atoms with Gasteiger partial charge in [-0.3, -0.25) is 0 Å². The van der Waals surface area contributed by atoms with Gasteiger partial charge in [-0.15, -0.1) is 11.3 Å². The highest BCUT2D eigenvalue weighted by Crippen LogP contribution is 2.33. The van der Waals surface area contributed by atoms with Crippen LogP contribution in [0.15, 0.2) is 42.5 Å². The minimum atomic E-state index is -0.327. The van der Waals surface area contributed by atoms with Crippen LogP contribution in [0.5, 0.6) is 0 Å². The van der Waals surface area contributed by atoms with Crippen LogP contribution in [0.4, 0.5) is 10.1 Å². The van der Waals surface area contributed by atoms with Gasteiger partial charge < -0.3 is 5.73 Å². The SMILES string of the molecule is Nc1cc(F)ccc1-c1nc2ccccc2s1. The second-order valence-corrected chi connectivity index (χ2v) is 4.75. The van der Waals surface area contributed by atoms with Gasteiger partial charge >= 0.3 is 0 Å². The molecular weight excluding hydrogens is 235 g/mol. The third kappa shape index (κ3) is 1.76. The average molecular weight is 244 g/mol. The molecule has 2 aromatic carbocycles. The number of aromatic nitrogens is 1. The number of nitrogen functional groups attached to an aromatic ring is 1. The number of nitrogens with two attached hydrogens (primary N) is 1. The molecular formula is C13H9FN2S. The third-order valence-electron chi connectivity index (χ3n) is 2.54. The number of hydrogen-bond acceptors (Lipinski definition) is 3. The Bertz CT molecular complexity index is 658. The molecule has 0 atom stereocenters. The molecule has 1 heterocycles. The van der Waals surface area contributed by atoms with E-state index >= 15 is 0 Å². The molecule has 0 aliphatic carbocycles. The first-order valence-electron chi connectivity index (χ1n) is 5.15. The summed E-state index contributed by atoms with van der Waals surface area (Å²) in [6.07, 6.45) is 0. The van der Waals surface area contributed by atoms with Crippen LogP contribution in [0.3, 0.4) is 0 Å². The largest absolute Gasteiger partial charge is 0.398 e. The van der Waals surface area contributed by atoms with Crippen molar-refractivity contribution in [2.75, 3.05) is 5.73 Å². The number of para-hydroxylation sites is 1. The predicted molar refractivity (Wildman–Crippen MR) is 69.4 cm³/mol. The quantitative estimate of drug-likeness (QED) is 0.663. The van der Waals surface area contributed by atoms with E-state index in [9.17, 15) is 4.39 Å². The summed E-state index contributed by atoms with van der Waals surface area (Å²) in [5, 5.41) is 0.823. The summed E-state index contributed by atoms with van der Waals surface area (Å²) in [6, 6.07) is 12.3. The fraction of sp³-hybridized carbons (Fsp3) is 0. The van der Waals surface area contributed by atoms with Gasteiger partial charge in [-0.1, -0.05) is 12.1 Å². The van der Waals surface area contributed by atoms with Crippen molar-refractivity contribution in [3.8, 4) is 10.6 Å². The van der Waals surface area contributed by atoms with E-state index in [2.05, 4.69) is 4.98 Å². The predicted octanol–water partition coefficient (Wildman–Crippen LogP) is 3.68. The zero-order chi connectivity index (χ0) is 11.8. The van der Waals surface area contributed by atoms with Crippen LogP contribution in [0.2, 0.25) is 0 Å². The van der Waals surface area contributed by atoms with E-state index < -0.39 is 0 Å². The highest BCUT2D eigenvalue weighted by atomic mass is 32.1. The molecule has 0 radical (unpaired) electrons. The van der Waals surface area contributed by atoms with Crippen LogP contribution in [-0.4, -0.2) is 4.98 Å². The molecule has 3 aromatic rings. The number of nitrogens with zero attached hydrogens (tertiary/aromatic N) is 1. The number of thiazole rings is 1. The number of hydrogen-bond donors (Lipinski definition) is 1. The van der Waals surface area contributed by atoms with Gasteiger partial charge in [0.1, 0.15) is 10.8 Å². The summed E-state index contributed by atoms with van der Waals surface area (Å²) in [4.78, 5) is 4.49. The molecule has 2 N–H and O–H groups in total. The second-order valence-electron chi connectivity index (χ2n) is 3.72. The van der Waals surface area contributed by atoms with E-state index in [0.29, 0.717) is 5.69 Å². The van der Waals surface area contributed by atoms with E-state index in [1.807, 2.05) is 24.3 Å². The summed E-state index contributed by atoms with van der Waals surface area (Å²) in [5.74, 6) is -0.327. The smallest absolute Gasteiger partial charge is 0.126 e. The normalized spacial score (nSPS) is 10.9. The Morgan fingerprint density at radius 1 is 1.12 bits per heavy atom. The van der Waals surface area contributed by atoms with Crippen molar-refractivity contribution in [3.05, 3.63) is 48.3 Å². The maximum atomic E-state index is 13.0. The van der Waals surface area contributed by atoms with E-state index in [0.717, 1.165) is 20.8 Å². The minimum absolute atomic E-state index is 0.327. The van der Waals surface area contributed by atoms with Crippen LogP contribution >= 0.6 is 11.3 Å². The Balaban J connectivity index is 2.20. The van der Waals surface area contributed by atoms with Crippen molar-refractivity contribution in [2.24, 2.45) is 0 Å². The zero-order valence-corrected chi connectivity index (χ0v) is 9.67. The number of benzene rings is 2. The fourth-order valence-electron chi connectivity index (χ4n) is 1.72. The Labute approximate surface area is 102 Å². The van der Waals surface area contributed by atoms with Gasteiger partial charge in [0, 0.05) is 11.3 Å². The van der Waals surface area contributed by atoms with Crippen LogP contribution in [-0.2, 0) is 0 Å². The number of fused-ring (bicyclic) bond motifs is 1. The molecule has 1 aromatic heterocycles. The van der Waals surface area contributed by atoms with Gasteiger partial charge in [-0.05, 0) is 30.3 Å². The van der Waals surface area contributed by atoms with E-state index in [1.54, 1.807) is 17.4 Å². The zero-order valence-electron chi connectivity index (χ0n) is 8.85. The molecule has 17 heavy (non-hydrogen) atoms. The monoisotopic (exact) mass is 244 g/mol. The van der Waals surface area contributed by atoms with Gasteiger partial charge in [0.2, 0.25) is 0 Å². The average Bonchev–Trinajstić information content (AvgIpc) is 2.72. The van der Waals surface area contributed by atoms with Crippen molar-refractivity contribution < 1.29 is 4.39 Å². The van der Waals surface area contributed by atoms with Gasteiger partial charge in [0.25, 0.3) is 0 Å². The van der Waals surface area contributed by atoms with Crippen molar-refractivity contribution in [1.82, 2.24) is 4.98 Å². The Morgan fingerprint density at radius 3 is 2.71 bits per heavy atom. The summed E-state index contributed by atoms with van der Waals surface area (Å²) in [6.45, 7) is 0. The van der Waals surface area contributed by atoms with Gasteiger partial charge in [0.05, 0.1) is 10.2 Å². The van der Waals surface area contributed by atoms with Gasteiger partial charge in [0.15, 0.2) is 0 Å². The van der Waals surface area contributed by atoms with Gasteiger partial charge in [-0.2, -0.15) is 0 Å². The van der Waals surface area contributed by atoms with Gasteiger partial charge in [-0.25, -0.2) is 9.37 Å². The summed E-state index contributed by atoms with van der Waals surface area (Å²) in [5.41, 5.74) is 7.95. The molecule has 84 valence electrons. The molecule has 0 amide bonds. The molecule has 0 saturated heterocycles. The molecule has 0 aliphatic heterocycles. The Morgan fingerprint density at radius 2 is 1.94 bits per heavy atom. The van der Waals surface area contributed by atoms with Crippen molar-refractivity contribution >= 4 is 27.2 Å². The molecule has 0 aliphatic rings. The molecule has 2 nitrogen and oxygen atoms in total. The third-order valence-corrected chi connectivity index (χ3v) is 3.61.